The monoisotopic (exact) mass is 468 g/mol. The number of carbonyl (C=O) groups excluding carboxylic acids is 1. The van der Waals surface area contributed by atoms with E-state index in [0.717, 1.165) is 5.56 Å². The van der Waals surface area contributed by atoms with Crippen molar-refractivity contribution in [2.75, 3.05) is 20.8 Å². The van der Waals surface area contributed by atoms with Gasteiger partial charge >= 0.3 is 0 Å². The molecule has 0 aromatic heterocycles. The van der Waals surface area contributed by atoms with Crippen LogP contribution in [0.4, 0.5) is 0 Å². The molecule has 0 aliphatic carbocycles. The molecule has 3 aromatic carbocycles. The van der Waals surface area contributed by atoms with Crippen LogP contribution >= 0.6 is 11.6 Å². The number of hydrazone groups is 1. The number of amides is 1. The maximum Gasteiger partial charge on any atom is 0.271 e. The van der Waals surface area contributed by atoms with Gasteiger partial charge in [0.05, 0.1) is 32.1 Å². The molecule has 0 bridgehead atoms. The maximum absolute atomic E-state index is 12.6. The minimum absolute atomic E-state index is 0.372. The standard InChI is InChI=1S/C25H25ClN2O5/c1-4-32-22-14-19(10-11-21(22)33-16-17-8-6-5-7-9-17)25(29)28-27-15-18-12-20(26)24(31-3)23(13-18)30-2/h5-15H,4,16H2,1-3H3,(H,28,29)/b27-15+. The van der Waals surface area contributed by atoms with E-state index in [1.54, 1.807) is 30.3 Å². The third-order valence-electron chi connectivity index (χ3n) is 4.58. The molecule has 1 amide bonds. The summed E-state index contributed by atoms with van der Waals surface area (Å²) in [5, 5.41) is 4.38. The number of nitrogens with one attached hydrogen (secondary N) is 1. The van der Waals surface area contributed by atoms with Crippen LogP contribution in [0.1, 0.15) is 28.4 Å². The van der Waals surface area contributed by atoms with Crippen LogP contribution in [0.15, 0.2) is 65.8 Å². The summed E-state index contributed by atoms with van der Waals surface area (Å²) in [7, 11) is 3.02. The maximum atomic E-state index is 12.6. The molecule has 0 radical (unpaired) electrons. The number of benzene rings is 3. The van der Waals surface area contributed by atoms with Crippen LogP contribution < -0.4 is 24.4 Å². The van der Waals surface area contributed by atoms with E-state index in [4.69, 9.17) is 30.5 Å². The smallest absolute Gasteiger partial charge is 0.271 e. The largest absolute Gasteiger partial charge is 0.493 e. The Bertz CT molecular complexity index is 1120. The predicted octanol–water partition coefficient (Wildman–Crippen LogP) is 5.10. The zero-order valence-corrected chi connectivity index (χ0v) is 19.4. The van der Waals surface area contributed by atoms with Crippen LogP contribution in [-0.2, 0) is 6.61 Å². The molecule has 0 spiro atoms. The van der Waals surface area contributed by atoms with Gasteiger partial charge in [0.1, 0.15) is 6.61 Å². The van der Waals surface area contributed by atoms with Crippen molar-refractivity contribution in [2.45, 2.75) is 13.5 Å². The molecule has 1 N–H and O–H groups in total. The Morgan fingerprint density at radius 1 is 0.970 bits per heavy atom. The average molecular weight is 469 g/mol. The zero-order chi connectivity index (χ0) is 23.6. The quantitative estimate of drug-likeness (QED) is 0.331. The molecule has 0 aliphatic rings. The van der Waals surface area contributed by atoms with Gasteiger partial charge in [-0.3, -0.25) is 4.79 Å². The summed E-state index contributed by atoms with van der Waals surface area (Å²) in [6, 6.07) is 18.2. The lowest BCUT2D eigenvalue weighted by atomic mass is 10.2. The van der Waals surface area contributed by atoms with Gasteiger partial charge in [0, 0.05) is 5.56 Å². The van der Waals surface area contributed by atoms with Gasteiger partial charge < -0.3 is 18.9 Å². The van der Waals surface area contributed by atoms with Gasteiger partial charge in [-0.05, 0) is 48.4 Å². The number of halogens is 1. The van der Waals surface area contributed by atoms with Gasteiger partial charge in [-0.1, -0.05) is 41.9 Å². The summed E-state index contributed by atoms with van der Waals surface area (Å²) in [4.78, 5) is 12.6. The molecule has 172 valence electrons. The first-order valence-corrected chi connectivity index (χ1v) is 10.6. The van der Waals surface area contributed by atoms with Gasteiger partial charge in [-0.25, -0.2) is 5.43 Å². The molecule has 0 atom stereocenters. The summed E-state index contributed by atoms with van der Waals surface area (Å²) in [5.74, 6) is 1.54. The van der Waals surface area contributed by atoms with E-state index in [2.05, 4.69) is 10.5 Å². The molecule has 0 unspecified atom stereocenters. The molecule has 3 aromatic rings. The second-order valence-electron chi connectivity index (χ2n) is 6.81. The van der Waals surface area contributed by atoms with Crippen LogP contribution in [0, 0.1) is 0 Å². The van der Waals surface area contributed by atoms with E-state index in [-0.39, 0.29) is 0 Å². The third-order valence-corrected chi connectivity index (χ3v) is 4.86. The molecule has 0 fully saturated rings. The van der Waals surface area contributed by atoms with Gasteiger partial charge in [0.15, 0.2) is 23.0 Å². The third kappa shape index (κ3) is 6.40. The van der Waals surface area contributed by atoms with E-state index in [0.29, 0.717) is 52.4 Å². The highest BCUT2D eigenvalue weighted by molar-refractivity contribution is 6.32. The Morgan fingerprint density at radius 2 is 1.76 bits per heavy atom. The van der Waals surface area contributed by atoms with E-state index < -0.39 is 5.91 Å². The van der Waals surface area contributed by atoms with Crippen LogP contribution in [0.25, 0.3) is 0 Å². The van der Waals surface area contributed by atoms with Crippen molar-refractivity contribution < 1.29 is 23.7 Å². The SMILES string of the molecule is CCOc1cc(C(=O)N/N=C/c2cc(Cl)c(OC)c(OC)c2)ccc1OCc1ccccc1. The summed E-state index contributed by atoms with van der Waals surface area (Å²) in [6.45, 7) is 2.70. The van der Waals surface area contributed by atoms with Crippen LogP contribution in [0.5, 0.6) is 23.0 Å². The van der Waals surface area contributed by atoms with Gasteiger partial charge in [0.25, 0.3) is 5.91 Å². The Morgan fingerprint density at radius 3 is 2.45 bits per heavy atom. The number of rotatable bonds is 10. The lowest BCUT2D eigenvalue weighted by Crippen LogP contribution is -2.17. The molecule has 0 saturated heterocycles. The van der Waals surface area contributed by atoms with Crippen LogP contribution in [0.3, 0.4) is 0 Å². The fourth-order valence-corrected chi connectivity index (χ4v) is 3.31. The van der Waals surface area contributed by atoms with Gasteiger partial charge in [-0.15, -0.1) is 0 Å². The Labute approximate surface area is 197 Å². The average Bonchev–Trinajstić information content (AvgIpc) is 2.83. The topological polar surface area (TPSA) is 78.4 Å². The molecule has 0 aliphatic heterocycles. The normalized spacial score (nSPS) is 10.7. The summed E-state index contributed by atoms with van der Waals surface area (Å²) in [6.07, 6.45) is 1.46. The van der Waals surface area contributed by atoms with Crippen molar-refractivity contribution >= 4 is 23.7 Å². The second-order valence-corrected chi connectivity index (χ2v) is 7.21. The van der Waals surface area contributed by atoms with E-state index in [9.17, 15) is 4.79 Å². The first-order chi connectivity index (χ1) is 16.0. The van der Waals surface area contributed by atoms with E-state index >= 15 is 0 Å². The molecular weight excluding hydrogens is 444 g/mol. The van der Waals surface area contributed by atoms with Crippen molar-refractivity contribution in [1.29, 1.82) is 0 Å². The van der Waals surface area contributed by atoms with Gasteiger partial charge in [-0.2, -0.15) is 5.10 Å². The highest BCUT2D eigenvalue weighted by Crippen LogP contribution is 2.35. The van der Waals surface area contributed by atoms with Crippen LogP contribution in [0.2, 0.25) is 5.02 Å². The first-order valence-electron chi connectivity index (χ1n) is 10.2. The lowest BCUT2D eigenvalue weighted by Gasteiger charge is -2.13. The van der Waals surface area contributed by atoms with Crippen molar-refractivity contribution in [3.63, 3.8) is 0 Å². The van der Waals surface area contributed by atoms with Crippen molar-refractivity contribution in [3.8, 4) is 23.0 Å². The number of hydrogen-bond acceptors (Lipinski definition) is 6. The molecule has 8 heteroatoms. The van der Waals surface area contributed by atoms with E-state index in [1.807, 2.05) is 37.3 Å². The Hall–Kier alpha value is -3.71. The number of methoxy groups -OCH3 is 2. The molecule has 0 saturated carbocycles. The molecule has 3 rings (SSSR count). The molecule has 0 heterocycles. The molecule has 33 heavy (non-hydrogen) atoms. The fourth-order valence-electron chi connectivity index (χ4n) is 3.01. The first kappa shape index (κ1) is 23.9. The van der Waals surface area contributed by atoms with E-state index in [1.165, 1.54) is 20.4 Å². The minimum atomic E-state index is -0.395. The fraction of sp³-hybridized carbons (Fsp3) is 0.200. The van der Waals surface area contributed by atoms with Crippen molar-refractivity contribution in [3.05, 3.63) is 82.4 Å². The molecule has 7 nitrogen and oxygen atoms in total. The highest BCUT2D eigenvalue weighted by atomic mass is 35.5. The summed E-state index contributed by atoms with van der Waals surface area (Å²) >= 11 is 6.20. The number of carbonyl (C=O) groups is 1. The Kier molecular flexibility index (Phi) is 8.55. The van der Waals surface area contributed by atoms with Gasteiger partial charge in [0.2, 0.25) is 0 Å². The van der Waals surface area contributed by atoms with Crippen molar-refractivity contribution in [2.24, 2.45) is 5.10 Å². The second kappa shape index (κ2) is 11.8. The van der Waals surface area contributed by atoms with Crippen molar-refractivity contribution in [1.82, 2.24) is 5.43 Å². The number of ether oxygens (including phenoxy) is 4. The summed E-state index contributed by atoms with van der Waals surface area (Å²) in [5.41, 5.74) is 4.55. The number of nitrogens with zero attached hydrogens (tertiary/aromatic N) is 1. The summed E-state index contributed by atoms with van der Waals surface area (Å²) < 4.78 is 22.0. The lowest BCUT2D eigenvalue weighted by molar-refractivity contribution is 0.0954. The predicted molar refractivity (Wildman–Crippen MR) is 128 cm³/mol. The van der Waals surface area contributed by atoms with Crippen LogP contribution in [-0.4, -0.2) is 32.9 Å². The zero-order valence-electron chi connectivity index (χ0n) is 18.6. The minimum Gasteiger partial charge on any atom is -0.493 e. The highest BCUT2D eigenvalue weighted by Gasteiger charge is 2.13. The molecular formula is C25H25ClN2O5. The number of hydrogen-bond donors (Lipinski definition) is 1. The Balaban J connectivity index is 1.69.